The molecular weight excluding hydrogens is 268 g/mol. The molecule has 0 fully saturated rings. The zero-order valence-corrected chi connectivity index (χ0v) is 11.7. The van der Waals surface area contributed by atoms with Crippen molar-refractivity contribution in [2.45, 2.75) is 32.2 Å². The second-order valence-corrected chi connectivity index (χ2v) is 5.09. The van der Waals surface area contributed by atoms with Crippen LogP contribution in [0.3, 0.4) is 0 Å². The number of aliphatic carboxylic acids is 1. The first-order chi connectivity index (χ1) is 10.1. The van der Waals surface area contributed by atoms with Crippen LogP contribution in [0.25, 0.3) is 11.5 Å². The number of hydrogen-bond acceptors (Lipinski definition) is 5. The van der Waals surface area contributed by atoms with Crippen molar-refractivity contribution in [1.29, 1.82) is 0 Å². The Balaban J connectivity index is 2.03. The van der Waals surface area contributed by atoms with Gasteiger partial charge in [-0.05, 0) is 38.3 Å². The Hall–Kier alpha value is -2.50. The molecule has 108 valence electrons. The molecule has 0 aliphatic heterocycles. The Morgan fingerprint density at radius 3 is 2.90 bits per heavy atom. The molecule has 0 radical (unpaired) electrons. The van der Waals surface area contributed by atoms with Gasteiger partial charge in [-0.3, -0.25) is 9.78 Å². The first kappa shape index (κ1) is 13.5. The van der Waals surface area contributed by atoms with Crippen molar-refractivity contribution in [1.82, 2.24) is 15.0 Å². The molecular formula is C15H16N4O2. The molecule has 0 saturated heterocycles. The van der Waals surface area contributed by atoms with E-state index < -0.39 is 12.0 Å². The van der Waals surface area contributed by atoms with E-state index >= 15 is 0 Å². The Morgan fingerprint density at radius 2 is 2.19 bits per heavy atom. The maximum atomic E-state index is 11.0. The molecule has 0 amide bonds. The molecule has 0 aromatic carbocycles. The number of nitrogens with zero attached hydrogens (tertiary/aromatic N) is 3. The molecule has 0 spiro atoms. The molecule has 1 atom stereocenters. The average Bonchev–Trinajstić information content (AvgIpc) is 2.96. The van der Waals surface area contributed by atoms with Crippen LogP contribution >= 0.6 is 0 Å². The van der Waals surface area contributed by atoms with Gasteiger partial charge in [0.25, 0.3) is 0 Å². The van der Waals surface area contributed by atoms with Crippen molar-refractivity contribution in [2.75, 3.05) is 5.32 Å². The minimum atomic E-state index is -0.903. The summed E-state index contributed by atoms with van der Waals surface area (Å²) >= 11 is 0. The largest absolute Gasteiger partial charge is 0.480 e. The predicted octanol–water partition coefficient (Wildman–Crippen LogP) is 1.91. The van der Waals surface area contributed by atoms with Gasteiger partial charge >= 0.3 is 5.97 Å². The SMILES string of the molecule is C[C@@H](Nc1nc(-c2ccccn2)nc2c1CCC2)C(=O)O. The molecule has 2 aromatic rings. The molecule has 0 unspecified atom stereocenters. The van der Waals surface area contributed by atoms with E-state index in [0.29, 0.717) is 17.3 Å². The highest BCUT2D eigenvalue weighted by Gasteiger charge is 2.22. The van der Waals surface area contributed by atoms with Gasteiger partial charge in [-0.2, -0.15) is 0 Å². The quantitative estimate of drug-likeness (QED) is 0.891. The monoisotopic (exact) mass is 284 g/mol. The number of carbonyl (C=O) groups is 1. The first-order valence-electron chi connectivity index (χ1n) is 6.95. The van der Waals surface area contributed by atoms with Gasteiger partial charge in [-0.25, -0.2) is 9.97 Å². The van der Waals surface area contributed by atoms with Gasteiger partial charge in [-0.15, -0.1) is 0 Å². The van der Waals surface area contributed by atoms with E-state index in [1.165, 1.54) is 0 Å². The zero-order valence-electron chi connectivity index (χ0n) is 11.7. The minimum absolute atomic E-state index is 0.538. The van der Waals surface area contributed by atoms with E-state index in [1.54, 1.807) is 13.1 Å². The van der Waals surface area contributed by atoms with Crippen molar-refractivity contribution < 1.29 is 9.90 Å². The van der Waals surface area contributed by atoms with Gasteiger partial charge in [0, 0.05) is 17.5 Å². The number of nitrogens with one attached hydrogen (secondary N) is 1. The smallest absolute Gasteiger partial charge is 0.325 e. The van der Waals surface area contributed by atoms with Crippen LogP contribution in [0.2, 0.25) is 0 Å². The van der Waals surface area contributed by atoms with Crippen molar-refractivity contribution in [3.05, 3.63) is 35.7 Å². The summed E-state index contributed by atoms with van der Waals surface area (Å²) in [6.45, 7) is 1.60. The van der Waals surface area contributed by atoms with Crippen LogP contribution in [0.5, 0.6) is 0 Å². The third-order valence-corrected chi connectivity index (χ3v) is 3.55. The average molecular weight is 284 g/mol. The van der Waals surface area contributed by atoms with Gasteiger partial charge in [0.1, 0.15) is 17.6 Å². The molecule has 21 heavy (non-hydrogen) atoms. The standard InChI is InChI=1S/C15H16N4O2/c1-9(15(20)21)17-13-10-5-4-7-11(10)18-14(19-13)12-6-2-3-8-16-12/h2-3,6,8-9H,4-5,7H2,1H3,(H,20,21)(H,17,18,19)/t9-/m1/s1. The highest BCUT2D eigenvalue weighted by atomic mass is 16.4. The van der Waals surface area contributed by atoms with E-state index in [2.05, 4.69) is 20.3 Å². The summed E-state index contributed by atoms with van der Waals surface area (Å²) in [5.74, 6) is 0.254. The fraction of sp³-hybridized carbons (Fsp3) is 0.333. The van der Waals surface area contributed by atoms with E-state index in [0.717, 1.165) is 30.5 Å². The lowest BCUT2D eigenvalue weighted by molar-refractivity contribution is -0.137. The molecule has 3 rings (SSSR count). The first-order valence-corrected chi connectivity index (χ1v) is 6.95. The summed E-state index contributed by atoms with van der Waals surface area (Å²) < 4.78 is 0. The van der Waals surface area contributed by atoms with Gasteiger partial charge in [0.2, 0.25) is 0 Å². The number of aromatic nitrogens is 3. The lowest BCUT2D eigenvalue weighted by Gasteiger charge is -2.14. The van der Waals surface area contributed by atoms with Crippen LogP contribution in [0.1, 0.15) is 24.6 Å². The van der Waals surface area contributed by atoms with Crippen LogP contribution in [0.15, 0.2) is 24.4 Å². The van der Waals surface area contributed by atoms with Crippen molar-refractivity contribution in [3.8, 4) is 11.5 Å². The van der Waals surface area contributed by atoms with Crippen molar-refractivity contribution in [2.24, 2.45) is 0 Å². The molecule has 6 heteroatoms. The number of anilines is 1. The third kappa shape index (κ3) is 2.69. The van der Waals surface area contributed by atoms with Crippen LogP contribution in [-0.2, 0) is 17.6 Å². The number of carboxylic acid groups (broad SMARTS) is 1. The number of rotatable bonds is 4. The normalized spacial score (nSPS) is 14.5. The maximum Gasteiger partial charge on any atom is 0.325 e. The summed E-state index contributed by atoms with van der Waals surface area (Å²) in [7, 11) is 0. The summed E-state index contributed by atoms with van der Waals surface area (Å²) in [6.07, 6.45) is 4.49. The zero-order chi connectivity index (χ0) is 14.8. The molecule has 1 aliphatic rings. The number of aryl methyl sites for hydroxylation is 1. The Bertz CT molecular complexity index is 673. The summed E-state index contributed by atoms with van der Waals surface area (Å²) in [4.78, 5) is 24.4. The number of pyridine rings is 1. The van der Waals surface area contributed by atoms with Crippen molar-refractivity contribution in [3.63, 3.8) is 0 Å². The van der Waals surface area contributed by atoms with Gasteiger partial charge < -0.3 is 10.4 Å². The van der Waals surface area contributed by atoms with Crippen LogP contribution in [-0.4, -0.2) is 32.1 Å². The lowest BCUT2D eigenvalue weighted by Crippen LogP contribution is -2.26. The van der Waals surface area contributed by atoms with E-state index in [9.17, 15) is 4.79 Å². The van der Waals surface area contributed by atoms with E-state index in [1.807, 2.05) is 18.2 Å². The summed E-state index contributed by atoms with van der Waals surface area (Å²) in [5, 5.41) is 12.0. The highest BCUT2D eigenvalue weighted by molar-refractivity contribution is 5.77. The van der Waals surface area contributed by atoms with E-state index in [4.69, 9.17) is 5.11 Å². The fourth-order valence-corrected chi connectivity index (χ4v) is 2.43. The van der Waals surface area contributed by atoms with E-state index in [-0.39, 0.29) is 0 Å². The third-order valence-electron chi connectivity index (χ3n) is 3.55. The molecule has 0 saturated carbocycles. The topological polar surface area (TPSA) is 88.0 Å². The molecule has 0 bridgehead atoms. The summed E-state index contributed by atoms with van der Waals surface area (Å²) in [5.41, 5.74) is 2.71. The second kappa shape index (κ2) is 5.47. The Kier molecular flexibility index (Phi) is 3.51. The lowest BCUT2D eigenvalue weighted by atomic mass is 10.2. The van der Waals surface area contributed by atoms with Gasteiger partial charge in [0.15, 0.2) is 5.82 Å². The van der Waals surface area contributed by atoms with Crippen molar-refractivity contribution >= 4 is 11.8 Å². The summed E-state index contributed by atoms with van der Waals surface area (Å²) in [6, 6.07) is 4.87. The van der Waals surface area contributed by atoms with Gasteiger partial charge in [-0.1, -0.05) is 6.07 Å². The van der Waals surface area contributed by atoms with Crippen LogP contribution in [0, 0.1) is 0 Å². The molecule has 2 aromatic heterocycles. The molecule has 2 heterocycles. The van der Waals surface area contributed by atoms with Crippen LogP contribution in [0.4, 0.5) is 5.82 Å². The molecule has 2 N–H and O–H groups in total. The Labute approximate surface area is 122 Å². The van der Waals surface area contributed by atoms with Gasteiger partial charge in [0.05, 0.1) is 0 Å². The maximum absolute atomic E-state index is 11.0. The second-order valence-electron chi connectivity index (χ2n) is 5.09. The van der Waals surface area contributed by atoms with Crippen LogP contribution < -0.4 is 5.32 Å². The fourth-order valence-electron chi connectivity index (χ4n) is 2.43. The minimum Gasteiger partial charge on any atom is -0.480 e. The molecule has 1 aliphatic carbocycles. The molecule has 6 nitrogen and oxygen atoms in total. The predicted molar refractivity (Wildman–Crippen MR) is 78.0 cm³/mol. The number of carboxylic acids is 1. The number of fused-ring (bicyclic) bond motifs is 1. The highest BCUT2D eigenvalue weighted by Crippen LogP contribution is 2.29. The number of hydrogen-bond donors (Lipinski definition) is 2. The Morgan fingerprint density at radius 1 is 1.33 bits per heavy atom.